The van der Waals surface area contributed by atoms with E-state index in [1.54, 1.807) is 11.3 Å². The smallest absolute Gasteiger partial charge is 0.196 e. The van der Waals surface area contributed by atoms with Gasteiger partial charge in [0.2, 0.25) is 0 Å². The lowest BCUT2D eigenvalue weighted by molar-refractivity contribution is 0.686. The number of imidazole rings is 1. The predicted molar refractivity (Wildman–Crippen MR) is 84.3 cm³/mol. The molecule has 0 aliphatic heterocycles. The van der Waals surface area contributed by atoms with Crippen molar-refractivity contribution in [3.05, 3.63) is 40.4 Å². The van der Waals surface area contributed by atoms with Gasteiger partial charge in [0.15, 0.2) is 4.96 Å². The Hall–Kier alpha value is -1.81. The first kappa shape index (κ1) is 12.0. The van der Waals surface area contributed by atoms with Crippen LogP contribution in [0.4, 0.5) is 5.82 Å². The summed E-state index contributed by atoms with van der Waals surface area (Å²) in [6, 6.07) is 6.71. The zero-order valence-corrected chi connectivity index (χ0v) is 12.3. The molecule has 0 unspecified atom stereocenters. The Morgan fingerprint density at radius 3 is 2.80 bits per heavy atom. The van der Waals surface area contributed by atoms with Gasteiger partial charge >= 0.3 is 0 Å². The molecule has 4 rings (SSSR count). The highest BCUT2D eigenvalue weighted by Gasteiger charge is 2.16. The molecule has 0 atom stereocenters. The largest absolute Gasteiger partial charge is 0.383 e. The van der Waals surface area contributed by atoms with E-state index in [4.69, 9.17) is 10.7 Å². The Kier molecular flexibility index (Phi) is 2.60. The standard InChI is InChI=1S/C16H17N3S/c1-10-9-20-16-18-14(15(17)19(10)16)13-7-6-11-4-2-3-5-12(11)8-13/h6-9H,2-5,17H2,1H3. The number of nitrogens with two attached hydrogens (primary N) is 1. The maximum atomic E-state index is 6.30. The highest BCUT2D eigenvalue weighted by atomic mass is 32.1. The minimum atomic E-state index is 0.759. The van der Waals surface area contributed by atoms with Crippen molar-refractivity contribution in [1.29, 1.82) is 0 Å². The third-order valence-corrected chi connectivity index (χ3v) is 5.14. The number of anilines is 1. The number of aromatic nitrogens is 2. The van der Waals surface area contributed by atoms with Crippen molar-refractivity contribution in [2.75, 3.05) is 5.73 Å². The molecule has 20 heavy (non-hydrogen) atoms. The molecule has 102 valence electrons. The molecule has 0 spiro atoms. The van der Waals surface area contributed by atoms with E-state index in [9.17, 15) is 0 Å². The van der Waals surface area contributed by atoms with Crippen LogP contribution in [0.15, 0.2) is 23.6 Å². The van der Waals surface area contributed by atoms with Crippen LogP contribution >= 0.6 is 11.3 Å². The molecule has 4 heteroatoms. The second-order valence-corrected chi connectivity index (χ2v) is 6.37. The summed E-state index contributed by atoms with van der Waals surface area (Å²) < 4.78 is 2.04. The summed E-state index contributed by atoms with van der Waals surface area (Å²) in [5.74, 6) is 0.759. The molecule has 2 heterocycles. The van der Waals surface area contributed by atoms with Gasteiger partial charge < -0.3 is 5.73 Å². The van der Waals surface area contributed by atoms with Gasteiger partial charge in [-0.25, -0.2) is 4.98 Å². The minimum absolute atomic E-state index is 0.759. The molecule has 0 radical (unpaired) electrons. The SMILES string of the molecule is Cc1csc2nc(-c3ccc4c(c3)CCCC4)c(N)n12. The van der Waals surface area contributed by atoms with Crippen molar-refractivity contribution in [2.45, 2.75) is 32.6 Å². The second-order valence-electron chi connectivity index (χ2n) is 5.53. The van der Waals surface area contributed by atoms with Crippen molar-refractivity contribution in [3.8, 4) is 11.3 Å². The summed E-state index contributed by atoms with van der Waals surface area (Å²) in [6.07, 6.45) is 5.00. The zero-order valence-electron chi connectivity index (χ0n) is 11.5. The van der Waals surface area contributed by atoms with Crippen molar-refractivity contribution in [2.24, 2.45) is 0 Å². The van der Waals surface area contributed by atoms with Crippen LogP contribution < -0.4 is 5.73 Å². The van der Waals surface area contributed by atoms with Crippen LogP contribution in [-0.4, -0.2) is 9.38 Å². The van der Waals surface area contributed by atoms with Gasteiger partial charge in [-0.05, 0) is 49.8 Å². The third kappa shape index (κ3) is 1.68. The Bertz CT molecular complexity index is 798. The molecule has 1 aliphatic carbocycles. The maximum absolute atomic E-state index is 6.30. The quantitative estimate of drug-likeness (QED) is 0.737. The van der Waals surface area contributed by atoms with Crippen molar-refractivity contribution >= 4 is 22.1 Å². The summed E-state index contributed by atoms with van der Waals surface area (Å²) >= 11 is 1.64. The van der Waals surface area contributed by atoms with E-state index < -0.39 is 0 Å². The summed E-state index contributed by atoms with van der Waals surface area (Å²) in [5, 5.41) is 2.09. The van der Waals surface area contributed by atoms with E-state index >= 15 is 0 Å². The molecule has 2 aromatic heterocycles. The average molecular weight is 283 g/mol. The van der Waals surface area contributed by atoms with Gasteiger partial charge in [0, 0.05) is 16.6 Å². The van der Waals surface area contributed by atoms with Gasteiger partial charge in [-0.15, -0.1) is 11.3 Å². The van der Waals surface area contributed by atoms with Gasteiger partial charge in [-0.3, -0.25) is 4.40 Å². The van der Waals surface area contributed by atoms with Crippen molar-refractivity contribution in [1.82, 2.24) is 9.38 Å². The molecule has 0 saturated heterocycles. The topological polar surface area (TPSA) is 43.3 Å². The van der Waals surface area contributed by atoms with Crippen LogP contribution in [0.3, 0.4) is 0 Å². The summed E-state index contributed by atoms with van der Waals surface area (Å²) in [6.45, 7) is 2.07. The molecular formula is C16H17N3S. The number of benzene rings is 1. The molecule has 0 saturated carbocycles. The molecule has 1 aromatic carbocycles. The normalized spacial score (nSPS) is 14.7. The fourth-order valence-corrected chi connectivity index (χ4v) is 3.99. The molecule has 3 aromatic rings. The number of thiazole rings is 1. The average Bonchev–Trinajstić information content (AvgIpc) is 3.00. The lowest BCUT2D eigenvalue weighted by Gasteiger charge is -2.16. The number of fused-ring (bicyclic) bond motifs is 2. The fourth-order valence-electron chi connectivity index (χ4n) is 3.12. The number of aryl methyl sites for hydroxylation is 3. The molecule has 0 amide bonds. The molecular weight excluding hydrogens is 266 g/mol. The summed E-state index contributed by atoms with van der Waals surface area (Å²) in [4.78, 5) is 5.69. The van der Waals surface area contributed by atoms with Gasteiger partial charge in [0.1, 0.15) is 11.5 Å². The Balaban J connectivity index is 1.88. The van der Waals surface area contributed by atoms with Crippen LogP contribution in [0.1, 0.15) is 29.7 Å². The second kappa shape index (κ2) is 4.35. The third-order valence-electron chi connectivity index (χ3n) is 4.19. The number of hydrogen-bond donors (Lipinski definition) is 1. The highest BCUT2D eigenvalue weighted by Crippen LogP contribution is 2.32. The van der Waals surface area contributed by atoms with Crippen LogP contribution in [0.25, 0.3) is 16.2 Å². The summed E-state index contributed by atoms with van der Waals surface area (Å²) in [7, 11) is 0. The van der Waals surface area contributed by atoms with Crippen LogP contribution in [0, 0.1) is 6.92 Å². The van der Waals surface area contributed by atoms with Crippen LogP contribution in [-0.2, 0) is 12.8 Å². The fraction of sp³-hybridized carbons (Fsp3) is 0.312. The Morgan fingerprint density at radius 1 is 1.20 bits per heavy atom. The van der Waals surface area contributed by atoms with E-state index in [-0.39, 0.29) is 0 Å². The summed E-state index contributed by atoms with van der Waals surface area (Å²) in [5.41, 5.74) is 12.5. The van der Waals surface area contributed by atoms with E-state index in [0.29, 0.717) is 0 Å². The van der Waals surface area contributed by atoms with E-state index in [2.05, 4.69) is 30.5 Å². The van der Waals surface area contributed by atoms with Crippen molar-refractivity contribution in [3.63, 3.8) is 0 Å². The number of nitrogen functional groups attached to an aromatic ring is 1. The van der Waals surface area contributed by atoms with Gasteiger partial charge in [0.05, 0.1) is 0 Å². The Labute approximate surface area is 122 Å². The lowest BCUT2D eigenvalue weighted by Crippen LogP contribution is -2.02. The number of hydrogen-bond acceptors (Lipinski definition) is 3. The van der Waals surface area contributed by atoms with E-state index in [0.717, 1.165) is 27.7 Å². The molecule has 0 bridgehead atoms. The van der Waals surface area contributed by atoms with Crippen LogP contribution in [0.2, 0.25) is 0 Å². The maximum Gasteiger partial charge on any atom is 0.196 e. The minimum Gasteiger partial charge on any atom is -0.383 e. The van der Waals surface area contributed by atoms with Gasteiger partial charge in [-0.2, -0.15) is 0 Å². The monoisotopic (exact) mass is 283 g/mol. The zero-order chi connectivity index (χ0) is 13.7. The molecule has 0 fully saturated rings. The Morgan fingerprint density at radius 2 is 2.00 bits per heavy atom. The van der Waals surface area contributed by atoms with E-state index in [1.165, 1.54) is 36.8 Å². The predicted octanol–water partition coefficient (Wildman–Crippen LogP) is 3.83. The first-order chi connectivity index (χ1) is 9.74. The number of rotatable bonds is 1. The number of nitrogens with zero attached hydrogens (tertiary/aromatic N) is 2. The van der Waals surface area contributed by atoms with E-state index in [1.807, 2.05) is 4.40 Å². The van der Waals surface area contributed by atoms with Crippen LogP contribution in [0.5, 0.6) is 0 Å². The lowest BCUT2D eigenvalue weighted by atomic mass is 9.90. The highest BCUT2D eigenvalue weighted by molar-refractivity contribution is 7.15. The first-order valence-electron chi connectivity index (χ1n) is 7.08. The van der Waals surface area contributed by atoms with Gasteiger partial charge in [0.25, 0.3) is 0 Å². The first-order valence-corrected chi connectivity index (χ1v) is 7.96. The van der Waals surface area contributed by atoms with Gasteiger partial charge in [-0.1, -0.05) is 12.1 Å². The molecule has 2 N–H and O–H groups in total. The molecule has 3 nitrogen and oxygen atoms in total. The van der Waals surface area contributed by atoms with Crippen molar-refractivity contribution < 1.29 is 0 Å². The molecule has 1 aliphatic rings.